The largest absolute Gasteiger partial charge is 0.272 e. The molecule has 0 fully saturated rings. The number of halogens is 4. The van der Waals surface area contributed by atoms with E-state index in [0.29, 0.717) is 12.1 Å². The molecular formula is C16H15F4N3. The van der Waals surface area contributed by atoms with Gasteiger partial charge in [0.2, 0.25) is 11.6 Å². The molecule has 0 radical (unpaired) electrons. The second-order valence-corrected chi connectivity index (χ2v) is 5.33. The van der Waals surface area contributed by atoms with Crippen molar-refractivity contribution in [1.82, 2.24) is 4.98 Å². The van der Waals surface area contributed by atoms with Crippen LogP contribution in [0, 0.1) is 29.4 Å². The third-order valence-corrected chi connectivity index (χ3v) is 3.01. The smallest absolute Gasteiger partial charge is 0.254 e. The van der Waals surface area contributed by atoms with Gasteiger partial charge in [0, 0.05) is 0 Å². The Balaban J connectivity index is 2.39. The zero-order valence-electron chi connectivity index (χ0n) is 12.6. The maximum absolute atomic E-state index is 13.6. The Bertz CT molecular complexity index is 689. The van der Waals surface area contributed by atoms with Gasteiger partial charge in [0.05, 0.1) is 5.71 Å². The molecule has 1 heterocycles. The van der Waals surface area contributed by atoms with Crippen LogP contribution in [0.3, 0.4) is 0 Å². The van der Waals surface area contributed by atoms with Crippen LogP contribution in [0.1, 0.15) is 25.8 Å². The Morgan fingerprint density at radius 2 is 1.61 bits per heavy atom. The van der Waals surface area contributed by atoms with E-state index >= 15 is 0 Å². The molecule has 7 heteroatoms. The molecule has 0 amide bonds. The van der Waals surface area contributed by atoms with E-state index in [0.717, 1.165) is 5.56 Å². The molecule has 1 N–H and O–H groups in total. The van der Waals surface area contributed by atoms with Crippen molar-refractivity contribution in [2.24, 2.45) is 11.0 Å². The maximum atomic E-state index is 13.6. The summed E-state index contributed by atoms with van der Waals surface area (Å²) in [5, 5.41) is 3.93. The third kappa shape index (κ3) is 4.06. The average Bonchev–Trinajstić information content (AvgIpc) is 2.52. The van der Waals surface area contributed by atoms with Gasteiger partial charge in [-0.15, -0.1) is 0 Å². The molecule has 0 unspecified atom stereocenters. The van der Waals surface area contributed by atoms with Crippen molar-refractivity contribution >= 4 is 11.4 Å². The quantitative estimate of drug-likeness (QED) is 0.380. The molecule has 0 aliphatic rings. The number of rotatable bonds is 5. The van der Waals surface area contributed by atoms with E-state index in [2.05, 4.69) is 15.5 Å². The monoisotopic (exact) mass is 325 g/mol. The first-order valence-corrected chi connectivity index (χ1v) is 6.98. The van der Waals surface area contributed by atoms with Gasteiger partial charge in [0.25, 0.3) is 11.9 Å². The molecule has 0 saturated heterocycles. The second kappa shape index (κ2) is 7.21. The number of pyridine rings is 1. The molecule has 3 nitrogen and oxygen atoms in total. The minimum atomic E-state index is -1.73. The number of hydrogen-bond acceptors (Lipinski definition) is 3. The summed E-state index contributed by atoms with van der Waals surface area (Å²) < 4.78 is 53.4. The summed E-state index contributed by atoms with van der Waals surface area (Å²) in [5.74, 6) is -6.48. The van der Waals surface area contributed by atoms with Gasteiger partial charge in [0.15, 0.2) is 0 Å². The predicted molar refractivity (Wildman–Crippen MR) is 80.1 cm³/mol. The SMILES string of the molecule is CC(C)C/C(=N/Nc1c(F)c(F)nc(F)c1F)c1ccccc1. The van der Waals surface area contributed by atoms with Gasteiger partial charge in [-0.05, 0) is 17.9 Å². The molecule has 0 aliphatic carbocycles. The molecule has 0 spiro atoms. The summed E-state index contributed by atoms with van der Waals surface area (Å²) in [6, 6.07) is 8.96. The van der Waals surface area contributed by atoms with E-state index in [9.17, 15) is 17.6 Å². The van der Waals surface area contributed by atoms with Crippen LogP contribution in [0.5, 0.6) is 0 Å². The second-order valence-electron chi connectivity index (χ2n) is 5.33. The lowest BCUT2D eigenvalue weighted by molar-refractivity contribution is 0.411. The highest BCUT2D eigenvalue weighted by Gasteiger charge is 2.20. The lowest BCUT2D eigenvalue weighted by Gasteiger charge is -2.11. The first-order valence-electron chi connectivity index (χ1n) is 6.98. The van der Waals surface area contributed by atoms with E-state index in [-0.39, 0.29) is 5.92 Å². The van der Waals surface area contributed by atoms with Crippen LogP contribution in [0.25, 0.3) is 0 Å². The Morgan fingerprint density at radius 3 is 2.13 bits per heavy atom. The number of benzene rings is 1. The molecule has 0 saturated carbocycles. The average molecular weight is 325 g/mol. The van der Waals surface area contributed by atoms with Crippen molar-refractivity contribution in [3.05, 3.63) is 59.4 Å². The van der Waals surface area contributed by atoms with E-state index in [1.54, 1.807) is 24.3 Å². The first kappa shape index (κ1) is 16.9. The van der Waals surface area contributed by atoms with Crippen LogP contribution in [0.15, 0.2) is 35.4 Å². The highest BCUT2D eigenvalue weighted by atomic mass is 19.2. The van der Waals surface area contributed by atoms with Gasteiger partial charge in [-0.3, -0.25) is 5.43 Å². The molecule has 0 atom stereocenters. The van der Waals surface area contributed by atoms with Gasteiger partial charge in [0.1, 0.15) is 5.69 Å². The number of hydrazone groups is 1. The standard InChI is InChI=1S/C16H15F4N3/c1-9(2)8-11(10-6-4-3-5-7-10)22-23-14-12(17)15(19)21-16(20)13(14)18/h3-7,9H,8H2,1-2H3,(H,21,23)/b22-11-. The number of hydrogen-bond donors (Lipinski definition) is 1. The van der Waals surface area contributed by atoms with Crippen molar-refractivity contribution in [3.8, 4) is 0 Å². The molecule has 2 rings (SSSR count). The van der Waals surface area contributed by atoms with Crippen LogP contribution in [-0.4, -0.2) is 10.7 Å². The maximum Gasteiger partial charge on any atom is 0.254 e. The Morgan fingerprint density at radius 1 is 1.04 bits per heavy atom. The molecule has 1 aromatic carbocycles. The van der Waals surface area contributed by atoms with Gasteiger partial charge in [-0.25, -0.2) is 0 Å². The van der Waals surface area contributed by atoms with Crippen LogP contribution in [0.4, 0.5) is 23.2 Å². The van der Waals surface area contributed by atoms with Gasteiger partial charge in [-0.1, -0.05) is 44.2 Å². The van der Waals surface area contributed by atoms with Crippen LogP contribution in [0.2, 0.25) is 0 Å². The van der Waals surface area contributed by atoms with Crippen molar-refractivity contribution in [2.75, 3.05) is 5.43 Å². The van der Waals surface area contributed by atoms with Crippen molar-refractivity contribution in [1.29, 1.82) is 0 Å². The minimum Gasteiger partial charge on any atom is -0.272 e. The van der Waals surface area contributed by atoms with Gasteiger partial charge in [-0.2, -0.15) is 27.6 Å². The molecule has 0 aliphatic heterocycles. The zero-order chi connectivity index (χ0) is 17.0. The summed E-state index contributed by atoms with van der Waals surface area (Å²) in [6.45, 7) is 3.90. The third-order valence-electron chi connectivity index (χ3n) is 3.01. The van der Waals surface area contributed by atoms with Crippen LogP contribution in [-0.2, 0) is 0 Å². The summed E-state index contributed by atoms with van der Waals surface area (Å²) in [6.07, 6.45) is 0.510. The Labute approximate surface area is 131 Å². The van der Waals surface area contributed by atoms with E-state index < -0.39 is 29.2 Å². The predicted octanol–water partition coefficient (Wildman–Crippen LogP) is 4.50. The first-order chi connectivity index (χ1) is 10.9. The fourth-order valence-corrected chi connectivity index (χ4v) is 1.95. The number of aromatic nitrogens is 1. The summed E-state index contributed by atoms with van der Waals surface area (Å²) >= 11 is 0. The molecular weight excluding hydrogens is 310 g/mol. The summed E-state index contributed by atoms with van der Waals surface area (Å²) in [5.41, 5.74) is 2.33. The van der Waals surface area contributed by atoms with E-state index in [1.165, 1.54) is 0 Å². The minimum absolute atomic E-state index is 0.219. The normalized spacial score (nSPS) is 11.9. The summed E-state index contributed by atoms with van der Waals surface area (Å²) in [4.78, 5) is 2.50. The topological polar surface area (TPSA) is 37.3 Å². The van der Waals surface area contributed by atoms with Crippen molar-refractivity contribution < 1.29 is 17.6 Å². The zero-order valence-corrected chi connectivity index (χ0v) is 12.6. The highest BCUT2D eigenvalue weighted by Crippen LogP contribution is 2.22. The Kier molecular flexibility index (Phi) is 5.31. The molecule has 0 bridgehead atoms. The van der Waals surface area contributed by atoms with Gasteiger partial charge >= 0.3 is 0 Å². The fraction of sp³-hybridized carbons (Fsp3) is 0.250. The Hall–Kier alpha value is -2.44. The lowest BCUT2D eigenvalue weighted by Crippen LogP contribution is -2.11. The van der Waals surface area contributed by atoms with Crippen molar-refractivity contribution in [2.45, 2.75) is 20.3 Å². The molecule has 2 aromatic rings. The molecule has 23 heavy (non-hydrogen) atoms. The van der Waals surface area contributed by atoms with Gasteiger partial charge < -0.3 is 0 Å². The molecule has 1 aromatic heterocycles. The van der Waals surface area contributed by atoms with Crippen LogP contribution >= 0.6 is 0 Å². The highest BCUT2D eigenvalue weighted by molar-refractivity contribution is 6.01. The summed E-state index contributed by atoms with van der Waals surface area (Å²) in [7, 11) is 0. The van der Waals surface area contributed by atoms with E-state index in [4.69, 9.17) is 0 Å². The van der Waals surface area contributed by atoms with E-state index in [1.807, 2.05) is 19.9 Å². The number of nitrogens with zero attached hydrogens (tertiary/aromatic N) is 2. The lowest BCUT2D eigenvalue weighted by atomic mass is 10.0. The fourth-order valence-electron chi connectivity index (χ4n) is 1.95. The van der Waals surface area contributed by atoms with Crippen molar-refractivity contribution in [3.63, 3.8) is 0 Å². The molecule has 122 valence electrons. The number of anilines is 1. The van der Waals surface area contributed by atoms with Crippen LogP contribution < -0.4 is 5.43 Å². The number of nitrogens with one attached hydrogen (secondary N) is 1.